The topological polar surface area (TPSA) is 46.5 Å². The molecule has 0 aromatic carbocycles. The summed E-state index contributed by atoms with van der Waals surface area (Å²) in [4.78, 5) is 11.1. The zero-order valence-electron chi connectivity index (χ0n) is 7.25. The molecule has 0 aromatic heterocycles. The standard InChI is InChI=1S/C9H14O3/c1-3-5-9(2,11)7-4-6-12-8(7)10/h3,7,11H,1,4-6H2,2H3. The van der Waals surface area contributed by atoms with E-state index < -0.39 is 5.60 Å². The van der Waals surface area contributed by atoms with Crippen molar-refractivity contribution in [2.24, 2.45) is 5.92 Å². The Balaban J connectivity index is 2.66. The zero-order chi connectivity index (χ0) is 9.19. The molecule has 1 heterocycles. The monoisotopic (exact) mass is 170 g/mol. The highest BCUT2D eigenvalue weighted by molar-refractivity contribution is 5.75. The van der Waals surface area contributed by atoms with Gasteiger partial charge in [0.15, 0.2) is 0 Å². The maximum Gasteiger partial charge on any atom is 0.311 e. The molecule has 0 spiro atoms. The van der Waals surface area contributed by atoms with E-state index in [1.165, 1.54) is 0 Å². The minimum absolute atomic E-state index is 0.290. The van der Waals surface area contributed by atoms with Crippen LogP contribution in [0.25, 0.3) is 0 Å². The predicted octanol–water partition coefficient (Wildman–Crippen LogP) is 0.877. The van der Waals surface area contributed by atoms with Crippen molar-refractivity contribution >= 4 is 5.97 Å². The van der Waals surface area contributed by atoms with Gasteiger partial charge in [-0.05, 0) is 19.8 Å². The molecule has 3 nitrogen and oxygen atoms in total. The minimum atomic E-state index is -0.991. The van der Waals surface area contributed by atoms with E-state index in [4.69, 9.17) is 4.74 Å². The van der Waals surface area contributed by atoms with Crippen LogP contribution in [0.3, 0.4) is 0 Å². The van der Waals surface area contributed by atoms with Gasteiger partial charge in [-0.3, -0.25) is 4.79 Å². The summed E-state index contributed by atoms with van der Waals surface area (Å²) >= 11 is 0. The Hall–Kier alpha value is -0.830. The highest BCUT2D eigenvalue weighted by atomic mass is 16.5. The smallest absolute Gasteiger partial charge is 0.311 e. The Bertz CT molecular complexity index is 196. The van der Waals surface area contributed by atoms with Crippen LogP contribution in [0.5, 0.6) is 0 Å². The van der Waals surface area contributed by atoms with Gasteiger partial charge in [0.05, 0.1) is 18.1 Å². The molecule has 1 aliphatic rings. The Morgan fingerprint density at radius 1 is 1.92 bits per heavy atom. The second-order valence-corrected chi connectivity index (χ2v) is 3.36. The van der Waals surface area contributed by atoms with Crippen LogP contribution in [0.4, 0.5) is 0 Å². The summed E-state index contributed by atoms with van der Waals surface area (Å²) in [6.07, 6.45) is 2.65. The predicted molar refractivity (Wildman–Crippen MR) is 44.5 cm³/mol. The van der Waals surface area contributed by atoms with Crippen LogP contribution in [-0.2, 0) is 9.53 Å². The summed E-state index contributed by atoms with van der Waals surface area (Å²) in [6.45, 7) is 5.60. The molecule has 2 atom stereocenters. The number of hydrogen-bond donors (Lipinski definition) is 1. The first-order valence-electron chi connectivity index (χ1n) is 4.08. The van der Waals surface area contributed by atoms with Gasteiger partial charge in [-0.1, -0.05) is 6.08 Å². The van der Waals surface area contributed by atoms with E-state index in [0.29, 0.717) is 19.4 Å². The van der Waals surface area contributed by atoms with E-state index in [-0.39, 0.29) is 11.9 Å². The van der Waals surface area contributed by atoms with Gasteiger partial charge < -0.3 is 9.84 Å². The van der Waals surface area contributed by atoms with Crippen LogP contribution in [0.1, 0.15) is 19.8 Å². The highest BCUT2D eigenvalue weighted by Crippen LogP contribution is 2.29. The molecule has 2 unspecified atom stereocenters. The van der Waals surface area contributed by atoms with Gasteiger partial charge in [0.1, 0.15) is 0 Å². The van der Waals surface area contributed by atoms with Gasteiger partial charge in [-0.15, -0.1) is 6.58 Å². The Kier molecular flexibility index (Phi) is 2.52. The third-order valence-electron chi connectivity index (χ3n) is 2.24. The molecule has 0 aromatic rings. The lowest BCUT2D eigenvalue weighted by atomic mass is 9.85. The molecule has 68 valence electrons. The van der Waals surface area contributed by atoms with Gasteiger partial charge in [-0.2, -0.15) is 0 Å². The molecule has 1 saturated heterocycles. The molecule has 3 heteroatoms. The fourth-order valence-corrected chi connectivity index (χ4v) is 1.50. The summed E-state index contributed by atoms with van der Waals surface area (Å²) in [5, 5.41) is 9.81. The molecule has 1 N–H and O–H groups in total. The third kappa shape index (κ3) is 1.67. The second-order valence-electron chi connectivity index (χ2n) is 3.36. The van der Waals surface area contributed by atoms with E-state index in [0.717, 1.165) is 0 Å². The molecular weight excluding hydrogens is 156 g/mol. The van der Waals surface area contributed by atoms with E-state index in [9.17, 15) is 9.90 Å². The van der Waals surface area contributed by atoms with Gasteiger partial charge in [-0.25, -0.2) is 0 Å². The maximum atomic E-state index is 11.1. The molecule has 0 bridgehead atoms. The van der Waals surface area contributed by atoms with Crippen LogP contribution in [0.15, 0.2) is 12.7 Å². The number of esters is 1. The van der Waals surface area contributed by atoms with Crippen molar-refractivity contribution < 1.29 is 14.6 Å². The zero-order valence-corrected chi connectivity index (χ0v) is 7.25. The lowest BCUT2D eigenvalue weighted by molar-refractivity contribution is -0.147. The average molecular weight is 170 g/mol. The first-order chi connectivity index (χ1) is 5.58. The van der Waals surface area contributed by atoms with Crippen LogP contribution >= 0.6 is 0 Å². The van der Waals surface area contributed by atoms with Crippen molar-refractivity contribution in [2.45, 2.75) is 25.4 Å². The number of cyclic esters (lactones) is 1. The van der Waals surface area contributed by atoms with Crippen LogP contribution in [0.2, 0.25) is 0 Å². The van der Waals surface area contributed by atoms with Crippen molar-refractivity contribution in [1.29, 1.82) is 0 Å². The fourth-order valence-electron chi connectivity index (χ4n) is 1.50. The summed E-state index contributed by atoms with van der Waals surface area (Å²) in [5.74, 6) is -0.669. The number of carbonyl (C=O) groups is 1. The van der Waals surface area contributed by atoms with E-state index >= 15 is 0 Å². The Morgan fingerprint density at radius 3 is 3.00 bits per heavy atom. The largest absolute Gasteiger partial charge is 0.465 e. The van der Waals surface area contributed by atoms with E-state index in [2.05, 4.69) is 6.58 Å². The van der Waals surface area contributed by atoms with Crippen LogP contribution < -0.4 is 0 Å². The van der Waals surface area contributed by atoms with Crippen LogP contribution in [0, 0.1) is 5.92 Å². The normalized spacial score (nSPS) is 27.8. The summed E-state index contributed by atoms with van der Waals surface area (Å²) < 4.78 is 4.76. The molecule has 0 amide bonds. The molecular formula is C9H14O3. The number of hydrogen-bond acceptors (Lipinski definition) is 3. The van der Waals surface area contributed by atoms with Gasteiger partial charge in [0, 0.05) is 0 Å². The molecule has 0 saturated carbocycles. The first-order valence-corrected chi connectivity index (χ1v) is 4.08. The highest BCUT2D eigenvalue weighted by Gasteiger charge is 2.40. The third-order valence-corrected chi connectivity index (χ3v) is 2.24. The number of ether oxygens (including phenoxy) is 1. The van der Waals surface area contributed by atoms with Crippen molar-refractivity contribution in [3.8, 4) is 0 Å². The minimum Gasteiger partial charge on any atom is -0.465 e. The second kappa shape index (κ2) is 3.27. The number of rotatable bonds is 3. The summed E-state index contributed by atoms with van der Waals surface area (Å²) in [5.41, 5.74) is -0.991. The molecule has 1 aliphatic heterocycles. The maximum absolute atomic E-state index is 11.1. The van der Waals surface area contributed by atoms with E-state index in [1.807, 2.05) is 0 Å². The SMILES string of the molecule is C=CCC(C)(O)C1CCOC1=O. The van der Waals surface area contributed by atoms with Crippen molar-refractivity contribution in [2.75, 3.05) is 6.61 Å². The van der Waals surface area contributed by atoms with Crippen molar-refractivity contribution in [3.05, 3.63) is 12.7 Å². The van der Waals surface area contributed by atoms with E-state index in [1.54, 1.807) is 13.0 Å². The van der Waals surface area contributed by atoms with Gasteiger partial charge in [0.25, 0.3) is 0 Å². The Morgan fingerprint density at radius 2 is 2.58 bits per heavy atom. The summed E-state index contributed by atoms with van der Waals surface area (Å²) in [6, 6.07) is 0. The number of carbonyl (C=O) groups excluding carboxylic acids is 1. The van der Waals surface area contributed by atoms with Gasteiger partial charge in [0.2, 0.25) is 0 Å². The Labute approximate surface area is 72.0 Å². The molecule has 0 aliphatic carbocycles. The average Bonchev–Trinajstić information content (AvgIpc) is 2.35. The quantitative estimate of drug-likeness (QED) is 0.505. The number of aliphatic hydroxyl groups is 1. The molecule has 0 radical (unpaired) electrons. The van der Waals surface area contributed by atoms with Crippen molar-refractivity contribution in [1.82, 2.24) is 0 Å². The summed E-state index contributed by atoms with van der Waals surface area (Å²) in [7, 11) is 0. The fraction of sp³-hybridized carbons (Fsp3) is 0.667. The van der Waals surface area contributed by atoms with Crippen molar-refractivity contribution in [3.63, 3.8) is 0 Å². The molecule has 12 heavy (non-hydrogen) atoms. The molecule has 1 rings (SSSR count). The lowest BCUT2D eigenvalue weighted by Gasteiger charge is -2.25. The van der Waals surface area contributed by atoms with Crippen LogP contribution in [-0.4, -0.2) is 23.3 Å². The molecule has 1 fully saturated rings. The first kappa shape index (κ1) is 9.26. The van der Waals surface area contributed by atoms with Gasteiger partial charge >= 0.3 is 5.97 Å². The lowest BCUT2D eigenvalue weighted by Crippen LogP contribution is -2.36.